The number of esters is 1. The number of hydrogen-bond donors (Lipinski definition) is 3. The molecule has 0 fully saturated rings. The van der Waals surface area contributed by atoms with Crippen molar-refractivity contribution >= 4 is 23.3 Å². The summed E-state index contributed by atoms with van der Waals surface area (Å²) >= 11 is 0. The van der Waals surface area contributed by atoms with Crippen molar-refractivity contribution in [1.29, 1.82) is 0 Å². The lowest BCUT2D eigenvalue weighted by atomic mass is 10.2. The summed E-state index contributed by atoms with van der Waals surface area (Å²) in [5.74, 6) is -1.32. The van der Waals surface area contributed by atoms with Crippen LogP contribution in [0.1, 0.15) is 20.7 Å². The highest BCUT2D eigenvalue weighted by molar-refractivity contribution is 5.90. The molecule has 21 heavy (non-hydrogen) atoms. The average Bonchev–Trinajstić information content (AvgIpc) is 2.47. The minimum atomic E-state index is -0.952. The molecule has 0 radical (unpaired) electrons. The normalized spacial score (nSPS) is 9.19. The summed E-state index contributed by atoms with van der Waals surface area (Å²) in [4.78, 5) is 21.2. The monoisotopic (exact) mass is 288 g/mol. The molecule has 0 saturated carbocycles. The van der Waals surface area contributed by atoms with Crippen LogP contribution in [0, 0.1) is 0 Å². The van der Waals surface area contributed by atoms with Gasteiger partial charge in [-0.05, 0) is 36.4 Å². The Balaban J connectivity index is 0.000000211. The summed E-state index contributed by atoms with van der Waals surface area (Å²) in [5.41, 5.74) is 12.5. The van der Waals surface area contributed by atoms with E-state index in [0.717, 1.165) is 0 Å². The number of hydrogen-bond acceptors (Lipinski definition) is 5. The largest absolute Gasteiger partial charge is 0.478 e. The maximum Gasteiger partial charge on any atom is 0.337 e. The fourth-order valence-electron chi connectivity index (χ4n) is 1.46. The Morgan fingerprint density at radius 2 is 1.43 bits per heavy atom. The van der Waals surface area contributed by atoms with E-state index in [1.165, 1.54) is 19.2 Å². The van der Waals surface area contributed by atoms with Gasteiger partial charge in [-0.15, -0.1) is 0 Å². The predicted molar refractivity (Wildman–Crippen MR) is 80.0 cm³/mol. The van der Waals surface area contributed by atoms with Crippen LogP contribution >= 0.6 is 0 Å². The summed E-state index contributed by atoms with van der Waals surface area (Å²) in [6.07, 6.45) is 0. The van der Waals surface area contributed by atoms with Gasteiger partial charge in [0.1, 0.15) is 0 Å². The number of nitrogens with two attached hydrogens (primary N) is 2. The molecule has 0 amide bonds. The topological polar surface area (TPSA) is 116 Å². The van der Waals surface area contributed by atoms with Gasteiger partial charge in [0.25, 0.3) is 0 Å². The maximum absolute atomic E-state index is 10.9. The molecule has 0 aliphatic carbocycles. The Bertz CT molecular complexity index is 641. The number of rotatable bonds is 2. The van der Waals surface area contributed by atoms with Gasteiger partial charge in [0.05, 0.1) is 18.2 Å². The van der Waals surface area contributed by atoms with E-state index < -0.39 is 5.97 Å². The van der Waals surface area contributed by atoms with Crippen molar-refractivity contribution in [3.63, 3.8) is 0 Å². The van der Waals surface area contributed by atoms with Gasteiger partial charge in [0.15, 0.2) is 0 Å². The van der Waals surface area contributed by atoms with E-state index >= 15 is 0 Å². The SMILES string of the molecule is COC(=O)c1cccc(N)c1.Nc1cccc(C(=O)O)c1. The Kier molecular flexibility index (Phi) is 5.76. The molecule has 0 saturated heterocycles. The molecule has 0 aliphatic heterocycles. The molecule has 6 heteroatoms. The van der Waals surface area contributed by atoms with E-state index in [2.05, 4.69) is 4.74 Å². The predicted octanol–water partition coefficient (Wildman–Crippen LogP) is 2.02. The summed E-state index contributed by atoms with van der Waals surface area (Å²) in [6.45, 7) is 0. The second-order valence-corrected chi connectivity index (χ2v) is 4.05. The molecule has 0 aliphatic rings. The lowest BCUT2D eigenvalue weighted by Crippen LogP contribution is -2.01. The Hall–Kier alpha value is -3.02. The van der Waals surface area contributed by atoms with E-state index in [4.69, 9.17) is 16.6 Å². The lowest BCUT2D eigenvalue weighted by molar-refractivity contribution is 0.0600. The summed E-state index contributed by atoms with van der Waals surface area (Å²) < 4.78 is 4.50. The van der Waals surface area contributed by atoms with E-state index in [-0.39, 0.29) is 11.5 Å². The number of aromatic carboxylic acids is 1. The van der Waals surface area contributed by atoms with Crippen molar-refractivity contribution in [1.82, 2.24) is 0 Å². The van der Waals surface area contributed by atoms with Crippen LogP contribution in [0.15, 0.2) is 48.5 Å². The molecular formula is C15H16N2O4. The number of carbonyl (C=O) groups excluding carboxylic acids is 1. The molecule has 2 rings (SSSR count). The van der Waals surface area contributed by atoms with Crippen LogP contribution in [0.25, 0.3) is 0 Å². The van der Waals surface area contributed by atoms with Crippen LogP contribution in [-0.2, 0) is 4.74 Å². The van der Waals surface area contributed by atoms with Gasteiger partial charge in [-0.25, -0.2) is 9.59 Å². The third-order valence-electron chi connectivity index (χ3n) is 2.44. The van der Waals surface area contributed by atoms with E-state index in [0.29, 0.717) is 16.9 Å². The number of carboxylic acids is 1. The van der Waals surface area contributed by atoms with Gasteiger partial charge >= 0.3 is 11.9 Å². The van der Waals surface area contributed by atoms with Crippen LogP contribution < -0.4 is 11.5 Å². The average molecular weight is 288 g/mol. The number of carboxylic acid groups (broad SMARTS) is 1. The van der Waals surface area contributed by atoms with Gasteiger partial charge in [-0.1, -0.05) is 12.1 Å². The van der Waals surface area contributed by atoms with E-state index in [9.17, 15) is 9.59 Å². The second kappa shape index (κ2) is 7.54. The summed E-state index contributed by atoms with van der Waals surface area (Å²) in [5, 5.41) is 8.45. The number of nitrogen functional groups attached to an aromatic ring is 2. The molecule has 0 bridgehead atoms. The number of benzene rings is 2. The smallest absolute Gasteiger partial charge is 0.337 e. The zero-order valence-corrected chi connectivity index (χ0v) is 11.4. The molecule has 0 heterocycles. The van der Waals surface area contributed by atoms with Crippen molar-refractivity contribution in [3.8, 4) is 0 Å². The highest BCUT2D eigenvalue weighted by atomic mass is 16.5. The molecule has 2 aromatic rings. The van der Waals surface area contributed by atoms with Crippen LogP contribution in [-0.4, -0.2) is 24.2 Å². The Labute approximate surface area is 121 Å². The summed E-state index contributed by atoms with van der Waals surface area (Å²) in [6, 6.07) is 12.8. The third-order valence-corrected chi connectivity index (χ3v) is 2.44. The number of carbonyl (C=O) groups is 2. The van der Waals surface area contributed by atoms with Gasteiger partial charge < -0.3 is 21.3 Å². The zero-order chi connectivity index (χ0) is 15.8. The second-order valence-electron chi connectivity index (χ2n) is 4.05. The Morgan fingerprint density at radius 1 is 0.952 bits per heavy atom. The molecule has 2 aromatic carbocycles. The molecule has 5 N–H and O–H groups in total. The van der Waals surface area contributed by atoms with Crippen molar-refractivity contribution in [2.24, 2.45) is 0 Å². The summed E-state index contributed by atoms with van der Waals surface area (Å²) in [7, 11) is 1.34. The first-order chi connectivity index (χ1) is 9.93. The zero-order valence-electron chi connectivity index (χ0n) is 11.4. The van der Waals surface area contributed by atoms with Gasteiger partial charge in [-0.2, -0.15) is 0 Å². The lowest BCUT2D eigenvalue weighted by Gasteiger charge is -1.98. The van der Waals surface area contributed by atoms with Crippen LogP contribution in [0.5, 0.6) is 0 Å². The fraction of sp³-hybridized carbons (Fsp3) is 0.0667. The minimum Gasteiger partial charge on any atom is -0.478 e. The number of ether oxygens (including phenoxy) is 1. The molecule has 0 atom stereocenters. The van der Waals surface area contributed by atoms with Crippen molar-refractivity contribution < 1.29 is 19.4 Å². The van der Waals surface area contributed by atoms with Crippen LogP contribution in [0.3, 0.4) is 0 Å². The molecule has 0 spiro atoms. The highest BCUT2D eigenvalue weighted by Gasteiger charge is 2.03. The van der Waals surface area contributed by atoms with Crippen molar-refractivity contribution in [3.05, 3.63) is 59.7 Å². The van der Waals surface area contributed by atoms with E-state index in [1.54, 1.807) is 36.4 Å². The van der Waals surface area contributed by atoms with Crippen molar-refractivity contribution in [2.75, 3.05) is 18.6 Å². The van der Waals surface area contributed by atoms with Crippen LogP contribution in [0.4, 0.5) is 11.4 Å². The maximum atomic E-state index is 10.9. The van der Waals surface area contributed by atoms with Gasteiger partial charge in [0.2, 0.25) is 0 Å². The van der Waals surface area contributed by atoms with Crippen LogP contribution in [0.2, 0.25) is 0 Å². The first kappa shape index (κ1) is 16.0. The molecule has 0 aromatic heterocycles. The highest BCUT2D eigenvalue weighted by Crippen LogP contribution is 2.07. The standard InChI is InChI=1S/C8H9NO2.C7H7NO2/c1-11-8(10)6-3-2-4-7(9)5-6;8-6-3-1-2-5(4-6)7(9)10/h2-5H,9H2,1H3;1-4H,8H2,(H,9,10). The third kappa shape index (κ3) is 5.23. The van der Waals surface area contributed by atoms with Crippen molar-refractivity contribution in [2.45, 2.75) is 0 Å². The molecule has 6 nitrogen and oxygen atoms in total. The first-order valence-electron chi connectivity index (χ1n) is 5.96. The molecular weight excluding hydrogens is 272 g/mol. The Morgan fingerprint density at radius 3 is 1.81 bits per heavy atom. The van der Waals surface area contributed by atoms with E-state index in [1.807, 2.05) is 0 Å². The first-order valence-corrected chi connectivity index (χ1v) is 5.96. The van der Waals surface area contributed by atoms with Gasteiger partial charge in [0, 0.05) is 11.4 Å². The van der Waals surface area contributed by atoms with Gasteiger partial charge in [-0.3, -0.25) is 0 Å². The minimum absolute atomic E-state index is 0.222. The fourth-order valence-corrected chi connectivity index (χ4v) is 1.46. The molecule has 0 unspecified atom stereocenters. The quantitative estimate of drug-likeness (QED) is 0.575. The number of anilines is 2. The number of methoxy groups -OCH3 is 1. The molecule has 110 valence electrons.